The van der Waals surface area contributed by atoms with Gasteiger partial charge < -0.3 is 0 Å². The summed E-state index contributed by atoms with van der Waals surface area (Å²) in [7, 11) is -3.46. The molecule has 6 heteroatoms. The standard InChI is InChI=1S/C14H13Cl2NO2S/c15-13-7-6-11(10-14(13)16)8-9-17-20(18,19)12-4-2-1-3-5-12/h1-7,10,17H,8-9H2. The van der Waals surface area contributed by atoms with Gasteiger partial charge in [0.1, 0.15) is 0 Å². The predicted molar refractivity (Wildman–Crippen MR) is 81.8 cm³/mol. The first kappa shape index (κ1) is 15.3. The van der Waals surface area contributed by atoms with Crippen molar-refractivity contribution in [2.45, 2.75) is 11.3 Å². The van der Waals surface area contributed by atoms with E-state index >= 15 is 0 Å². The van der Waals surface area contributed by atoms with Crippen molar-refractivity contribution in [2.75, 3.05) is 6.54 Å². The third-order valence-corrected chi connectivity index (χ3v) is 4.96. The maximum Gasteiger partial charge on any atom is 0.240 e. The van der Waals surface area contributed by atoms with Gasteiger partial charge in [0.05, 0.1) is 14.9 Å². The number of rotatable bonds is 5. The smallest absolute Gasteiger partial charge is 0.211 e. The molecule has 0 radical (unpaired) electrons. The van der Waals surface area contributed by atoms with Crippen molar-refractivity contribution in [1.29, 1.82) is 0 Å². The zero-order valence-corrected chi connectivity index (χ0v) is 12.8. The molecular formula is C14H13Cl2NO2S. The molecule has 0 bridgehead atoms. The van der Waals surface area contributed by atoms with Gasteiger partial charge in [-0.15, -0.1) is 0 Å². The Bertz CT molecular complexity index is 688. The molecule has 0 heterocycles. The molecule has 0 amide bonds. The van der Waals surface area contributed by atoms with Gasteiger partial charge in [-0.05, 0) is 36.2 Å². The van der Waals surface area contributed by atoms with Gasteiger partial charge in [-0.1, -0.05) is 47.5 Å². The molecule has 0 aliphatic rings. The van der Waals surface area contributed by atoms with Crippen LogP contribution in [0.15, 0.2) is 53.4 Å². The van der Waals surface area contributed by atoms with Crippen LogP contribution in [0.5, 0.6) is 0 Å². The van der Waals surface area contributed by atoms with Crippen molar-refractivity contribution in [3.05, 3.63) is 64.1 Å². The van der Waals surface area contributed by atoms with Crippen LogP contribution in [-0.4, -0.2) is 15.0 Å². The molecule has 0 aliphatic heterocycles. The van der Waals surface area contributed by atoms with E-state index in [1.165, 1.54) is 0 Å². The summed E-state index contributed by atoms with van der Waals surface area (Å²) < 4.78 is 26.5. The summed E-state index contributed by atoms with van der Waals surface area (Å²) in [5.41, 5.74) is 0.926. The zero-order chi connectivity index (χ0) is 14.6. The minimum atomic E-state index is -3.46. The SMILES string of the molecule is O=S(=O)(NCCc1ccc(Cl)c(Cl)c1)c1ccccc1. The Balaban J connectivity index is 1.97. The monoisotopic (exact) mass is 329 g/mol. The first-order chi connectivity index (χ1) is 9.49. The number of halogens is 2. The lowest BCUT2D eigenvalue weighted by atomic mass is 10.1. The Labute approximate surface area is 128 Å². The molecule has 0 fully saturated rings. The number of hydrogen-bond acceptors (Lipinski definition) is 2. The van der Waals surface area contributed by atoms with E-state index in [-0.39, 0.29) is 4.90 Å². The third-order valence-electron chi connectivity index (χ3n) is 2.74. The zero-order valence-electron chi connectivity index (χ0n) is 10.5. The molecule has 0 unspecified atom stereocenters. The Morgan fingerprint density at radius 2 is 1.65 bits per heavy atom. The van der Waals surface area contributed by atoms with Crippen molar-refractivity contribution < 1.29 is 8.42 Å². The van der Waals surface area contributed by atoms with E-state index in [2.05, 4.69) is 4.72 Å². The van der Waals surface area contributed by atoms with Crippen LogP contribution in [0, 0.1) is 0 Å². The van der Waals surface area contributed by atoms with Gasteiger partial charge in [0, 0.05) is 6.54 Å². The van der Waals surface area contributed by atoms with Gasteiger partial charge in [0.2, 0.25) is 10.0 Å². The first-order valence-corrected chi connectivity index (χ1v) is 8.21. The summed E-state index contributed by atoms with van der Waals surface area (Å²) in [5, 5.41) is 0.954. The number of nitrogens with one attached hydrogen (secondary N) is 1. The topological polar surface area (TPSA) is 46.2 Å². The lowest BCUT2D eigenvalue weighted by molar-refractivity contribution is 0.581. The normalized spacial score (nSPS) is 11.5. The van der Waals surface area contributed by atoms with Crippen molar-refractivity contribution in [3.63, 3.8) is 0 Å². The van der Waals surface area contributed by atoms with E-state index in [1.807, 2.05) is 6.07 Å². The van der Waals surface area contributed by atoms with Gasteiger partial charge >= 0.3 is 0 Å². The van der Waals surface area contributed by atoms with E-state index < -0.39 is 10.0 Å². The highest BCUT2D eigenvalue weighted by Crippen LogP contribution is 2.22. The summed E-state index contributed by atoms with van der Waals surface area (Å²) in [6.45, 7) is 0.301. The van der Waals surface area contributed by atoms with Gasteiger partial charge in [-0.2, -0.15) is 0 Å². The molecule has 1 N–H and O–H groups in total. The molecule has 2 aromatic carbocycles. The van der Waals surface area contributed by atoms with E-state index in [4.69, 9.17) is 23.2 Å². The fourth-order valence-corrected chi connectivity index (χ4v) is 3.08. The van der Waals surface area contributed by atoms with Crippen LogP contribution in [0.25, 0.3) is 0 Å². The molecule has 0 saturated heterocycles. The van der Waals surface area contributed by atoms with Gasteiger partial charge in [-0.3, -0.25) is 0 Å². The van der Waals surface area contributed by atoms with Crippen LogP contribution in [-0.2, 0) is 16.4 Å². The summed E-state index contributed by atoms with van der Waals surface area (Å²) in [6, 6.07) is 13.5. The minimum Gasteiger partial charge on any atom is -0.211 e. The molecule has 0 saturated carbocycles. The molecule has 0 aromatic heterocycles. The lowest BCUT2D eigenvalue weighted by Gasteiger charge is -2.07. The van der Waals surface area contributed by atoms with Gasteiger partial charge in [0.25, 0.3) is 0 Å². The highest BCUT2D eigenvalue weighted by atomic mass is 35.5. The molecule has 2 rings (SSSR count). The average Bonchev–Trinajstić information content (AvgIpc) is 2.44. The third kappa shape index (κ3) is 3.96. The Morgan fingerprint density at radius 1 is 0.950 bits per heavy atom. The fraction of sp³-hybridized carbons (Fsp3) is 0.143. The van der Waals surface area contributed by atoms with Crippen LogP contribution in [0.4, 0.5) is 0 Å². The van der Waals surface area contributed by atoms with Gasteiger partial charge in [0.15, 0.2) is 0 Å². The second-order valence-electron chi connectivity index (χ2n) is 4.21. The van der Waals surface area contributed by atoms with E-state index in [1.54, 1.807) is 42.5 Å². The summed E-state index contributed by atoms with van der Waals surface area (Å²) >= 11 is 11.7. The molecule has 0 atom stereocenters. The number of sulfonamides is 1. The maximum atomic E-state index is 12.0. The van der Waals surface area contributed by atoms with Crippen molar-refractivity contribution in [2.24, 2.45) is 0 Å². The summed E-state index contributed by atoms with van der Waals surface area (Å²) in [5.74, 6) is 0. The quantitative estimate of drug-likeness (QED) is 0.912. The lowest BCUT2D eigenvalue weighted by Crippen LogP contribution is -2.25. The largest absolute Gasteiger partial charge is 0.240 e. The van der Waals surface area contributed by atoms with Crippen molar-refractivity contribution in [3.8, 4) is 0 Å². The maximum absolute atomic E-state index is 12.0. The second kappa shape index (κ2) is 6.59. The Kier molecular flexibility index (Phi) is 5.05. The van der Waals surface area contributed by atoms with Crippen molar-refractivity contribution in [1.82, 2.24) is 4.72 Å². The number of hydrogen-bond donors (Lipinski definition) is 1. The Morgan fingerprint density at radius 3 is 2.30 bits per heavy atom. The van der Waals surface area contributed by atoms with E-state index in [0.29, 0.717) is 23.0 Å². The average molecular weight is 330 g/mol. The molecular weight excluding hydrogens is 317 g/mol. The molecule has 20 heavy (non-hydrogen) atoms. The molecule has 3 nitrogen and oxygen atoms in total. The second-order valence-corrected chi connectivity index (χ2v) is 6.79. The van der Waals surface area contributed by atoms with Gasteiger partial charge in [-0.25, -0.2) is 13.1 Å². The molecule has 2 aromatic rings. The molecule has 0 spiro atoms. The van der Waals surface area contributed by atoms with E-state index in [0.717, 1.165) is 5.56 Å². The minimum absolute atomic E-state index is 0.258. The summed E-state index contributed by atoms with van der Waals surface area (Å²) in [4.78, 5) is 0.258. The molecule has 106 valence electrons. The van der Waals surface area contributed by atoms with Crippen LogP contribution in [0.2, 0.25) is 10.0 Å². The fourth-order valence-electron chi connectivity index (χ4n) is 1.71. The van der Waals surface area contributed by atoms with E-state index in [9.17, 15) is 8.42 Å². The Hall–Kier alpha value is -1.07. The van der Waals surface area contributed by atoms with Crippen LogP contribution < -0.4 is 4.72 Å². The first-order valence-electron chi connectivity index (χ1n) is 5.98. The highest BCUT2D eigenvalue weighted by molar-refractivity contribution is 7.89. The highest BCUT2D eigenvalue weighted by Gasteiger charge is 2.12. The van der Waals surface area contributed by atoms with Crippen LogP contribution >= 0.6 is 23.2 Å². The predicted octanol–water partition coefficient (Wildman–Crippen LogP) is 3.51. The van der Waals surface area contributed by atoms with Crippen LogP contribution in [0.3, 0.4) is 0 Å². The summed E-state index contributed by atoms with van der Waals surface area (Å²) in [6.07, 6.45) is 0.545. The number of benzene rings is 2. The molecule has 0 aliphatic carbocycles. The van der Waals surface area contributed by atoms with Crippen molar-refractivity contribution >= 4 is 33.2 Å². The van der Waals surface area contributed by atoms with Crippen LogP contribution in [0.1, 0.15) is 5.56 Å².